The Morgan fingerprint density at radius 2 is 1.09 bits per heavy atom. The Hall–Kier alpha value is -3.98. The van der Waals surface area contributed by atoms with Gasteiger partial charge in [0, 0.05) is 54.3 Å². The molecule has 14 heteroatoms. The van der Waals surface area contributed by atoms with Crippen molar-refractivity contribution in [1.29, 1.82) is 0 Å². The van der Waals surface area contributed by atoms with Gasteiger partial charge in [-0.05, 0) is 129 Å². The molecule has 0 saturated carbocycles. The molecule has 10 nitrogen and oxygen atoms in total. The number of hydrogen-bond donors (Lipinski definition) is 1. The van der Waals surface area contributed by atoms with Crippen LogP contribution >= 0.6 is 15.9 Å². The highest BCUT2D eigenvalue weighted by atomic mass is 79.9. The normalized spacial score (nSPS) is 16.0. The van der Waals surface area contributed by atoms with Crippen LogP contribution in [-0.2, 0) is 42.1 Å². The van der Waals surface area contributed by atoms with Gasteiger partial charge in [0.1, 0.15) is 5.75 Å². The molecule has 2 amide bonds. The Labute approximate surface area is 329 Å². The van der Waals surface area contributed by atoms with Gasteiger partial charge < -0.3 is 19.5 Å². The monoisotopic (exact) mass is 839 g/mol. The van der Waals surface area contributed by atoms with E-state index in [1.165, 1.54) is 36.1 Å². The molecule has 0 bridgehead atoms. The molecule has 1 radical (unpaired) electrons. The van der Waals surface area contributed by atoms with Gasteiger partial charge in [-0.25, -0.2) is 16.8 Å². The number of rotatable bonds is 5. The first-order chi connectivity index (χ1) is 25.4. The maximum atomic E-state index is 11.9. The zero-order valence-corrected chi connectivity index (χ0v) is 35.3. The zero-order valence-electron chi connectivity index (χ0n) is 32.0. The van der Waals surface area contributed by atoms with E-state index in [1.807, 2.05) is 60.0 Å². The number of fused-ring (bicyclic) bond motifs is 2. The highest BCUT2D eigenvalue weighted by Crippen LogP contribution is 2.35. The largest absolute Gasteiger partial charge is 0.569 e. The Morgan fingerprint density at radius 1 is 0.685 bits per heavy atom. The van der Waals surface area contributed by atoms with E-state index in [-0.39, 0.29) is 22.8 Å². The Kier molecular flexibility index (Phi) is 16.1. The first kappa shape index (κ1) is 44.4. The number of sulfone groups is 2. The van der Waals surface area contributed by atoms with Crippen molar-refractivity contribution >= 4 is 66.5 Å². The van der Waals surface area contributed by atoms with Crippen LogP contribution in [0.2, 0.25) is 0 Å². The van der Waals surface area contributed by atoms with E-state index in [1.54, 1.807) is 26.0 Å². The second-order valence-corrected chi connectivity index (χ2v) is 17.9. The van der Waals surface area contributed by atoms with Crippen molar-refractivity contribution in [2.24, 2.45) is 0 Å². The summed E-state index contributed by atoms with van der Waals surface area (Å²) in [6, 6.07) is 25.4. The smallest absolute Gasteiger partial charge is 0.537 e. The van der Waals surface area contributed by atoms with E-state index in [9.17, 15) is 26.4 Å². The Morgan fingerprint density at radius 3 is 1.52 bits per heavy atom. The summed E-state index contributed by atoms with van der Waals surface area (Å²) in [5, 5.41) is 8.28. The predicted octanol–water partition coefficient (Wildman–Crippen LogP) is 7.60. The Bertz CT molecular complexity index is 2130. The van der Waals surface area contributed by atoms with E-state index >= 15 is 0 Å². The van der Waals surface area contributed by atoms with Crippen LogP contribution in [0.25, 0.3) is 11.1 Å². The fourth-order valence-electron chi connectivity index (χ4n) is 6.33. The summed E-state index contributed by atoms with van der Waals surface area (Å²) in [6.45, 7) is 11.4. The third-order valence-electron chi connectivity index (χ3n) is 8.92. The molecule has 0 saturated heterocycles. The van der Waals surface area contributed by atoms with Gasteiger partial charge in [-0.2, -0.15) is 0 Å². The van der Waals surface area contributed by atoms with Crippen molar-refractivity contribution in [2.45, 2.75) is 89.1 Å². The molecule has 0 spiro atoms. The van der Waals surface area contributed by atoms with Crippen LogP contribution in [0.15, 0.2) is 99.2 Å². The van der Waals surface area contributed by atoms with Crippen LogP contribution in [0.3, 0.4) is 0 Å². The molecule has 0 unspecified atom stereocenters. The standard InChI is InChI=1S/C19H21NO3S.C12H14BrNO.C7H8BO4S.C2H6/c1-13-4-5-17-12-16(8-11-19(17)20(13)14(2)21)15-6-9-18(10-7-15)24(3,22)23;1-8-3-4-10-7-11(13)5-6-12(10)14(8)9(2)15;1-13(10,11)7-4-2-6(3-5-7)12-8-9;1-2/h6-13H,4-5H2,1-3H3;5-8H,3-4H2,1-2H3;2-5,9H,1H3;1-2H3/t13-;8-;;/m00../s1. The molecular formula is C40H49BBrN2O8S2. The first-order valence-corrected chi connectivity index (χ1v) is 22.2. The van der Waals surface area contributed by atoms with Crippen LogP contribution in [0, 0.1) is 0 Å². The minimum absolute atomic E-state index is 0.0636. The summed E-state index contributed by atoms with van der Waals surface area (Å²) in [5.74, 6) is 0.578. The molecule has 2 atom stereocenters. The topological polar surface area (TPSA) is 138 Å². The number of halogens is 1. The lowest BCUT2D eigenvalue weighted by molar-refractivity contribution is -0.117. The number of anilines is 2. The fraction of sp³-hybridized carbons (Fsp3) is 0.350. The first-order valence-electron chi connectivity index (χ1n) is 17.6. The van der Waals surface area contributed by atoms with Gasteiger partial charge >= 0.3 is 7.69 Å². The quantitative estimate of drug-likeness (QED) is 0.203. The van der Waals surface area contributed by atoms with Crippen molar-refractivity contribution in [1.82, 2.24) is 0 Å². The Balaban J connectivity index is 0.000000226. The molecule has 0 aromatic heterocycles. The fourth-order valence-corrected chi connectivity index (χ4v) is 8.00. The van der Waals surface area contributed by atoms with Crippen LogP contribution in [0.1, 0.15) is 65.5 Å². The number of hydrogen-bond acceptors (Lipinski definition) is 8. The minimum atomic E-state index is -3.18. The van der Waals surface area contributed by atoms with Gasteiger partial charge in [-0.1, -0.05) is 48.0 Å². The molecule has 54 heavy (non-hydrogen) atoms. The second kappa shape index (κ2) is 19.6. The average molecular weight is 841 g/mol. The van der Waals surface area contributed by atoms with E-state index < -0.39 is 19.7 Å². The van der Waals surface area contributed by atoms with E-state index in [0.717, 1.165) is 64.5 Å². The molecule has 4 aromatic rings. The van der Waals surface area contributed by atoms with Crippen LogP contribution < -0.4 is 14.5 Å². The zero-order chi connectivity index (χ0) is 40.4. The molecular weight excluding hydrogens is 791 g/mol. The second-order valence-electron chi connectivity index (χ2n) is 12.9. The lowest BCUT2D eigenvalue weighted by atomic mass is 9.93. The molecule has 2 aliphatic rings. The molecule has 1 N–H and O–H groups in total. The van der Waals surface area contributed by atoms with Crippen molar-refractivity contribution < 1.29 is 36.1 Å². The van der Waals surface area contributed by atoms with Crippen molar-refractivity contribution in [2.75, 3.05) is 22.3 Å². The molecule has 6 rings (SSSR count). The number of benzene rings is 4. The number of amides is 2. The third-order valence-corrected chi connectivity index (χ3v) is 11.7. The van der Waals surface area contributed by atoms with Crippen molar-refractivity contribution in [3.05, 3.63) is 101 Å². The SMILES string of the molecule is CC.CC(=O)N1c2ccc(-c3ccc(S(C)(=O)=O)cc3)cc2CC[C@@H]1C.CC(=O)N1c2ccc(Br)cc2CC[C@@H]1C.CS(=O)(=O)c1ccc(O[B]O)cc1. The van der Waals surface area contributed by atoms with Crippen molar-refractivity contribution in [3.8, 4) is 16.9 Å². The summed E-state index contributed by atoms with van der Waals surface area (Å²) in [7, 11) is -5.81. The highest BCUT2D eigenvalue weighted by molar-refractivity contribution is 9.10. The van der Waals surface area contributed by atoms with E-state index in [2.05, 4.69) is 46.6 Å². The minimum Gasteiger partial charge on any atom is -0.537 e. The summed E-state index contributed by atoms with van der Waals surface area (Å²) < 4.78 is 50.8. The lowest BCUT2D eigenvalue weighted by Crippen LogP contribution is -2.40. The van der Waals surface area contributed by atoms with E-state index in [0.29, 0.717) is 24.4 Å². The number of carbonyl (C=O) groups excluding carboxylic acids is 2. The summed E-state index contributed by atoms with van der Waals surface area (Å²) in [5.41, 5.74) is 6.48. The predicted molar refractivity (Wildman–Crippen MR) is 221 cm³/mol. The van der Waals surface area contributed by atoms with Gasteiger partial charge in [0.2, 0.25) is 11.8 Å². The van der Waals surface area contributed by atoms with Crippen molar-refractivity contribution in [3.63, 3.8) is 0 Å². The number of nitrogens with zero attached hydrogens (tertiary/aromatic N) is 2. The van der Waals surface area contributed by atoms with Crippen LogP contribution in [0.5, 0.6) is 5.75 Å². The van der Waals surface area contributed by atoms with E-state index in [4.69, 9.17) is 5.02 Å². The summed E-state index contributed by atoms with van der Waals surface area (Å²) in [6.07, 6.45) is 6.32. The maximum Gasteiger partial charge on any atom is 0.569 e. The van der Waals surface area contributed by atoms with Gasteiger partial charge in [-0.3, -0.25) is 9.59 Å². The molecule has 289 valence electrons. The third kappa shape index (κ3) is 11.8. The van der Waals surface area contributed by atoms with Gasteiger partial charge in [0.15, 0.2) is 19.7 Å². The molecule has 4 aromatic carbocycles. The number of carbonyl (C=O) groups is 2. The van der Waals surface area contributed by atoms with Crippen LogP contribution in [-0.4, -0.2) is 66.0 Å². The molecule has 0 fully saturated rings. The van der Waals surface area contributed by atoms with Gasteiger partial charge in [0.05, 0.1) is 9.79 Å². The maximum absolute atomic E-state index is 11.9. The number of aryl methyl sites for hydroxylation is 2. The highest BCUT2D eigenvalue weighted by Gasteiger charge is 2.27. The summed E-state index contributed by atoms with van der Waals surface area (Å²) >= 11 is 3.46. The molecule has 0 aliphatic carbocycles. The molecule has 2 aliphatic heterocycles. The summed E-state index contributed by atoms with van der Waals surface area (Å²) in [4.78, 5) is 27.8. The van der Waals surface area contributed by atoms with Crippen LogP contribution in [0.4, 0.5) is 11.4 Å². The van der Waals surface area contributed by atoms with Gasteiger partial charge in [0.25, 0.3) is 0 Å². The molecule has 2 heterocycles. The average Bonchev–Trinajstić information content (AvgIpc) is 3.12. The van der Waals surface area contributed by atoms with Gasteiger partial charge in [-0.15, -0.1) is 0 Å². The lowest BCUT2D eigenvalue weighted by Gasteiger charge is -2.34.